The van der Waals surface area contributed by atoms with E-state index < -0.39 is 29.0 Å². The van der Waals surface area contributed by atoms with Gasteiger partial charge in [0.15, 0.2) is 0 Å². The second kappa shape index (κ2) is 7.42. The Morgan fingerprint density at radius 3 is 2.65 bits per heavy atom. The number of non-ortho nitro benzene ring substituents is 1. The van der Waals surface area contributed by atoms with Gasteiger partial charge in [0.1, 0.15) is 6.04 Å². The second-order valence-corrected chi connectivity index (χ2v) is 5.28. The van der Waals surface area contributed by atoms with Crippen molar-refractivity contribution in [3.63, 3.8) is 0 Å². The van der Waals surface area contributed by atoms with Crippen molar-refractivity contribution in [2.24, 2.45) is 0 Å². The summed E-state index contributed by atoms with van der Waals surface area (Å²) < 4.78 is 42.1. The Morgan fingerprint density at radius 2 is 2.08 bits per heavy atom. The Labute approximate surface area is 144 Å². The van der Waals surface area contributed by atoms with Crippen molar-refractivity contribution in [3.05, 3.63) is 40.1 Å². The minimum absolute atomic E-state index is 0.0721. The first-order valence-electron chi connectivity index (χ1n) is 7.42. The highest BCUT2D eigenvalue weighted by Gasteiger charge is 2.41. The topological polar surface area (TPSA) is 114 Å². The highest BCUT2D eigenvalue weighted by Crippen LogP contribution is 2.24. The van der Waals surface area contributed by atoms with Crippen LogP contribution in [0, 0.1) is 10.1 Å². The lowest BCUT2D eigenvalue weighted by Gasteiger charge is -2.18. The van der Waals surface area contributed by atoms with Gasteiger partial charge in [0.2, 0.25) is 0 Å². The summed E-state index contributed by atoms with van der Waals surface area (Å²) in [5, 5.41) is 12.9. The molecule has 1 heterocycles. The fraction of sp³-hybridized carbons (Fsp3) is 0.333. The number of halogens is 3. The van der Waals surface area contributed by atoms with Gasteiger partial charge in [-0.05, 0) is 18.6 Å². The van der Waals surface area contributed by atoms with E-state index in [2.05, 4.69) is 4.98 Å². The quantitative estimate of drug-likeness (QED) is 0.458. The molecule has 0 saturated carbocycles. The molecule has 2 N–H and O–H groups in total. The van der Waals surface area contributed by atoms with Crippen LogP contribution in [0.5, 0.6) is 0 Å². The second-order valence-electron chi connectivity index (χ2n) is 5.28. The number of amides is 1. The molecule has 0 spiro atoms. The first-order valence-corrected chi connectivity index (χ1v) is 7.42. The zero-order chi connectivity index (χ0) is 19.5. The minimum Gasteiger partial charge on any atom is -0.464 e. The van der Waals surface area contributed by atoms with Gasteiger partial charge in [0.25, 0.3) is 5.69 Å². The maximum atomic E-state index is 12.5. The largest absolute Gasteiger partial charge is 0.471 e. The van der Waals surface area contributed by atoms with E-state index in [1.165, 1.54) is 31.3 Å². The molecule has 26 heavy (non-hydrogen) atoms. The van der Waals surface area contributed by atoms with Gasteiger partial charge < -0.3 is 15.0 Å². The van der Waals surface area contributed by atoms with E-state index >= 15 is 0 Å². The molecule has 0 aliphatic heterocycles. The van der Waals surface area contributed by atoms with Crippen molar-refractivity contribution >= 4 is 28.5 Å². The smallest absolute Gasteiger partial charge is 0.464 e. The number of hydrogen-bond acceptors (Lipinski definition) is 5. The number of hydrogen-bond donors (Lipinski definition) is 2. The van der Waals surface area contributed by atoms with Gasteiger partial charge in [-0.2, -0.15) is 13.2 Å². The molecular formula is C15H14F3N3O5. The maximum absolute atomic E-state index is 12.5. The number of H-pyrrole nitrogens is 1. The Kier molecular flexibility index (Phi) is 5.48. The van der Waals surface area contributed by atoms with Crippen LogP contribution in [0.25, 0.3) is 10.9 Å². The van der Waals surface area contributed by atoms with Crippen molar-refractivity contribution in [2.75, 3.05) is 6.61 Å². The third-order valence-electron chi connectivity index (χ3n) is 3.52. The SMILES string of the molecule is CCOC(=O)C(Cc1c[nH]c2cc([N+](=O)[O-])ccc12)NC(=O)C(F)(F)F. The molecule has 1 aromatic heterocycles. The van der Waals surface area contributed by atoms with Crippen molar-refractivity contribution in [1.82, 2.24) is 10.3 Å². The molecular weight excluding hydrogens is 359 g/mol. The number of carbonyl (C=O) groups excluding carboxylic acids is 2. The van der Waals surface area contributed by atoms with E-state index in [0.29, 0.717) is 16.5 Å². The van der Waals surface area contributed by atoms with Crippen LogP contribution in [0.15, 0.2) is 24.4 Å². The third kappa shape index (κ3) is 4.29. The number of nitro benzene ring substituents is 1. The molecule has 11 heteroatoms. The third-order valence-corrected chi connectivity index (χ3v) is 3.52. The van der Waals surface area contributed by atoms with Crippen molar-refractivity contribution in [2.45, 2.75) is 25.6 Å². The molecule has 0 saturated heterocycles. The van der Waals surface area contributed by atoms with Crippen LogP contribution < -0.4 is 5.32 Å². The fourth-order valence-electron chi connectivity index (χ4n) is 2.35. The summed E-state index contributed by atoms with van der Waals surface area (Å²) in [6.07, 6.45) is -4.02. The normalized spacial score (nSPS) is 12.6. The summed E-state index contributed by atoms with van der Waals surface area (Å²) >= 11 is 0. The van der Waals surface area contributed by atoms with Crippen LogP contribution in [0.1, 0.15) is 12.5 Å². The molecule has 140 valence electrons. The summed E-state index contributed by atoms with van der Waals surface area (Å²) in [5.74, 6) is -3.27. The average Bonchev–Trinajstić information content (AvgIpc) is 2.95. The van der Waals surface area contributed by atoms with Gasteiger partial charge in [0, 0.05) is 30.1 Å². The van der Waals surface area contributed by atoms with Crippen LogP contribution in [0.3, 0.4) is 0 Å². The van der Waals surface area contributed by atoms with Gasteiger partial charge in [-0.3, -0.25) is 14.9 Å². The summed E-state index contributed by atoms with van der Waals surface area (Å²) in [6.45, 7) is 1.41. The van der Waals surface area contributed by atoms with Crippen LogP contribution in [0.2, 0.25) is 0 Å². The molecule has 0 aliphatic rings. The Bertz CT molecular complexity index is 847. The number of aromatic nitrogens is 1. The zero-order valence-corrected chi connectivity index (χ0v) is 13.4. The molecule has 2 rings (SSSR count). The maximum Gasteiger partial charge on any atom is 0.471 e. The predicted molar refractivity (Wildman–Crippen MR) is 83.3 cm³/mol. The summed E-state index contributed by atoms with van der Waals surface area (Å²) in [4.78, 5) is 36.0. The number of nitrogens with zero attached hydrogens (tertiary/aromatic N) is 1. The number of alkyl halides is 3. The van der Waals surface area contributed by atoms with Gasteiger partial charge in [-0.25, -0.2) is 4.79 Å². The molecule has 0 radical (unpaired) electrons. The number of fused-ring (bicyclic) bond motifs is 1. The molecule has 8 nitrogen and oxygen atoms in total. The van der Waals surface area contributed by atoms with E-state index in [0.717, 1.165) is 0 Å². The number of nitrogens with one attached hydrogen (secondary N) is 2. The number of ether oxygens (including phenoxy) is 1. The summed E-state index contributed by atoms with van der Waals surface area (Å²) in [5.41, 5.74) is 0.604. The average molecular weight is 373 g/mol. The number of nitro groups is 1. The van der Waals surface area contributed by atoms with E-state index in [1.807, 2.05) is 0 Å². The van der Waals surface area contributed by atoms with Gasteiger partial charge in [-0.1, -0.05) is 0 Å². The Balaban J connectivity index is 2.30. The van der Waals surface area contributed by atoms with E-state index in [4.69, 9.17) is 4.74 Å². The van der Waals surface area contributed by atoms with Crippen LogP contribution in [-0.2, 0) is 20.7 Å². The standard InChI is InChI=1S/C15H14F3N3O5/c1-2-26-13(22)12(20-14(23)15(16,17)18)5-8-7-19-11-6-9(21(24)25)3-4-10(8)11/h3-4,6-7,12,19H,2,5H2,1H3,(H,20,23). The van der Waals surface area contributed by atoms with Crippen LogP contribution >= 0.6 is 0 Å². The lowest BCUT2D eigenvalue weighted by molar-refractivity contribution is -0.384. The highest BCUT2D eigenvalue weighted by molar-refractivity contribution is 5.89. The molecule has 1 atom stereocenters. The summed E-state index contributed by atoms with van der Waals surface area (Å²) in [7, 11) is 0. The fourth-order valence-corrected chi connectivity index (χ4v) is 2.35. The van der Waals surface area contributed by atoms with Crippen molar-refractivity contribution in [3.8, 4) is 0 Å². The van der Waals surface area contributed by atoms with E-state index in [9.17, 15) is 32.9 Å². The Hall–Kier alpha value is -3.11. The van der Waals surface area contributed by atoms with Gasteiger partial charge >= 0.3 is 18.1 Å². The molecule has 0 bridgehead atoms. The molecule has 1 amide bonds. The van der Waals surface area contributed by atoms with Crippen molar-refractivity contribution in [1.29, 1.82) is 0 Å². The molecule has 1 aromatic carbocycles. The first-order chi connectivity index (χ1) is 12.1. The number of rotatable bonds is 6. The monoisotopic (exact) mass is 373 g/mol. The number of esters is 1. The van der Waals surface area contributed by atoms with Gasteiger partial charge in [-0.15, -0.1) is 0 Å². The molecule has 0 aliphatic carbocycles. The highest BCUT2D eigenvalue weighted by atomic mass is 19.4. The molecule has 1 unspecified atom stereocenters. The zero-order valence-electron chi connectivity index (χ0n) is 13.4. The minimum atomic E-state index is -5.15. The first kappa shape index (κ1) is 19.2. The number of carbonyl (C=O) groups is 2. The Morgan fingerprint density at radius 1 is 1.38 bits per heavy atom. The van der Waals surface area contributed by atoms with E-state index in [1.54, 1.807) is 5.32 Å². The van der Waals surface area contributed by atoms with Crippen LogP contribution in [-0.4, -0.2) is 40.6 Å². The number of aromatic amines is 1. The van der Waals surface area contributed by atoms with Crippen LogP contribution in [0.4, 0.5) is 18.9 Å². The van der Waals surface area contributed by atoms with Gasteiger partial charge in [0.05, 0.1) is 17.0 Å². The van der Waals surface area contributed by atoms with E-state index in [-0.39, 0.29) is 18.7 Å². The predicted octanol–water partition coefficient (Wildman–Crippen LogP) is 2.23. The molecule has 2 aromatic rings. The summed E-state index contributed by atoms with van der Waals surface area (Å²) in [6, 6.07) is 2.34. The lowest BCUT2D eigenvalue weighted by Crippen LogP contribution is -2.48. The lowest BCUT2D eigenvalue weighted by atomic mass is 10.0. The van der Waals surface area contributed by atoms with Crippen molar-refractivity contribution < 1.29 is 32.4 Å². The number of benzene rings is 1. The molecule has 0 fully saturated rings.